The van der Waals surface area contributed by atoms with E-state index in [2.05, 4.69) is 17.0 Å². The molecular weight excluding hydrogens is 362 g/mol. The van der Waals surface area contributed by atoms with E-state index in [0.29, 0.717) is 11.8 Å². The van der Waals surface area contributed by atoms with Gasteiger partial charge in [0.2, 0.25) is 0 Å². The molecule has 0 aliphatic carbocycles. The first kappa shape index (κ1) is 18.2. The third kappa shape index (κ3) is 2.70. The standard InChI is InChI=1S/C22H23NO3.ClH/c1-25-21-10-18-17-9-14(24)5-6-15(17)16-8-13-4-3-7-23(13)12-20(16)19(18)11-22(21)26-2;/h5-6,9-11,13,24H,3-4,7-8,12H2,1-2H3;1H/t13-;/m0./s1. The van der Waals surface area contributed by atoms with Crippen LogP contribution in [0.1, 0.15) is 24.0 Å². The molecule has 4 nitrogen and oxygen atoms in total. The number of hydrogen-bond donors (Lipinski definition) is 1. The van der Waals surface area contributed by atoms with Crippen molar-refractivity contribution in [2.75, 3.05) is 20.8 Å². The lowest BCUT2D eigenvalue weighted by Gasteiger charge is -2.33. The van der Waals surface area contributed by atoms with E-state index in [9.17, 15) is 5.11 Å². The molecule has 1 N–H and O–H groups in total. The molecule has 1 fully saturated rings. The quantitative estimate of drug-likeness (QED) is 0.651. The van der Waals surface area contributed by atoms with Gasteiger partial charge >= 0.3 is 0 Å². The van der Waals surface area contributed by atoms with Gasteiger partial charge in [0.1, 0.15) is 5.75 Å². The van der Waals surface area contributed by atoms with Gasteiger partial charge in [0, 0.05) is 12.6 Å². The molecule has 1 saturated heterocycles. The summed E-state index contributed by atoms with van der Waals surface area (Å²) in [5, 5.41) is 14.8. The Hall–Kier alpha value is -2.17. The van der Waals surface area contributed by atoms with Crippen molar-refractivity contribution >= 4 is 34.0 Å². The number of ether oxygens (including phenoxy) is 2. The molecule has 0 spiro atoms. The summed E-state index contributed by atoms with van der Waals surface area (Å²) in [5.41, 5.74) is 2.83. The minimum absolute atomic E-state index is 0. The van der Waals surface area contributed by atoms with E-state index in [4.69, 9.17) is 9.47 Å². The van der Waals surface area contributed by atoms with E-state index < -0.39 is 0 Å². The highest BCUT2D eigenvalue weighted by Gasteiger charge is 2.32. The van der Waals surface area contributed by atoms with E-state index in [1.54, 1.807) is 20.3 Å². The van der Waals surface area contributed by atoms with Crippen LogP contribution in [0.5, 0.6) is 17.2 Å². The van der Waals surface area contributed by atoms with Crippen molar-refractivity contribution in [1.29, 1.82) is 0 Å². The van der Waals surface area contributed by atoms with Crippen LogP contribution in [-0.4, -0.2) is 36.8 Å². The summed E-state index contributed by atoms with van der Waals surface area (Å²) in [7, 11) is 3.34. The van der Waals surface area contributed by atoms with Gasteiger partial charge in [-0.15, -0.1) is 12.4 Å². The fourth-order valence-corrected chi connectivity index (χ4v) is 4.88. The van der Waals surface area contributed by atoms with Crippen molar-refractivity contribution in [3.63, 3.8) is 0 Å². The third-order valence-corrected chi connectivity index (χ3v) is 6.13. The number of nitrogens with zero attached hydrogens (tertiary/aromatic N) is 1. The van der Waals surface area contributed by atoms with Crippen molar-refractivity contribution < 1.29 is 14.6 Å². The van der Waals surface area contributed by atoms with Gasteiger partial charge in [-0.2, -0.15) is 0 Å². The summed E-state index contributed by atoms with van der Waals surface area (Å²) in [6, 6.07) is 10.6. The molecule has 0 aromatic heterocycles. The highest BCUT2D eigenvalue weighted by molar-refractivity contribution is 6.12. The second-order valence-electron chi connectivity index (χ2n) is 7.41. The average molecular weight is 386 g/mol. The maximum absolute atomic E-state index is 10.1. The normalized spacial score (nSPS) is 18.8. The van der Waals surface area contributed by atoms with Crippen molar-refractivity contribution in [3.05, 3.63) is 41.5 Å². The Morgan fingerprint density at radius 1 is 0.926 bits per heavy atom. The van der Waals surface area contributed by atoms with Crippen molar-refractivity contribution in [2.24, 2.45) is 0 Å². The summed E-state index contributed by atoms with van der Waals surface area (Å²) >= 11 is 0. The molecule has 142 valence electrons. The Morgan fingerprint density at radius 3 is 2.37 bits per heavy atom. The minimum Gasteiger partial charge on any atom is -0.508 e. The first-order valence-electron chi connectivity index (χ1n) is 9.26. The molecule has 2 aliphatic heterocycles. The molecule has 0 unspecified atom stereocenters. The molecule has 2 aliphatic rings. The molecular formula is C22H24ClNO3. The van der Waals surface area contributed by atoms with Crippen molar-refractivity contribution in [2.45, 2.75) is 31.8 Å². The molecule has 1 atom stereocenters. The number of rotatable bonds is 2. The lowest BCUT2D eigenvalue weighted by Crippen LogP contribution is -2.35. The van der Waals surface area contributed by atoms with Crippen molar-refractivity contribution in [3.8, 4) is 17.2 Å². The first-order chi connectivity index (χ1) is 12.7. The second-order valence-corrected chi connectivity index (χ2v) is 7.41. The van der Waals surface area contributed by atoms with Crippen LogP contribution in [0.4, 0.5) is 0 Å². The zero-order valence-electron chi connectivity index (χ0n) is 15.6. The Bertz CT molecular complexity index is 1030. The number of halogens is 1. The van der Waals surface area contributed by atoms with Gasteiger partial charge in [-0.1, -0.05) is 6.07 Å². The number of benzene rings is 3. The smallest absolute Gasteiger partial charge is 0.161 e. The number of phenolic OH excluding ortho intramolecular Hbond substituents is 1. The van der Waals surface area contributed by atoms with Crippen LogP contribution in [0.25, 0.3) is 21.5 Å². The van der Waals surface area contributed by atoms with Crippen LogP contribution in [0.2, 0.25) is 0 Å². The fourth-order valence-electron chi connectivity index (χ4n) is 4.88. The van der Waals surface area contributed by atoms with Gasteiger partial charge in [-0.25, -0.2) is 0 Å². The number of phenols is 1. The van der Waals surface area contributed by atoms with Crippen LogP contribution >= 0.6 is 12.4 Å². The highest BCUT2D eigenvalue weighted by atomic mass is 35.5. The van der Waals surface area contributed by atoms with Crippen LogP contribution in [-0.2, 0) is 13.0 Å². The molecule has 3 aromatic carbocycles. The van der Waals surface area contributed by atoms with Crippen molar-refractivity contribution in [1.82, 2.24) is 4.90 Å². The Labute approximate surface area is 165 Å². The van der Waals surface area contributed by atoms with Gasteiger partial charge in [-0.3, -0.25) is 4.90 Å². The van der Waals surface area contributed by atoms with E-state index in [0.717, 1.165) is 35.2 Å². The topological polar surface area (TPSA) is 41.9 Å². The Morgan fingerprint density at radius 2 is 1.63 bits per heavy atom. The van der Waals surface area contributed by atoms with Crippen LogP contribution < -0.4 is 9.47 Å². The molecule has 0 saturated carbocycles. The molecule has 0 amide bonds. The second kappa shape index (κ2) is 6.77. The molecule has 5 heteroatoms. The molecule has 3 aromatic rings. The molecule has 27 heavy (non-hydrogen) atoms. The maximum atomic E-state index is 10.1. The first-order valence-corrected chi connectivity index (χ1v) is 9.26. The van der Waals surface area contributed by atoms with Crippen LogP contribution in [0.15, 0.2) is 30.3 Å². The summed E-state index contributed by atoms with van der Waals surface area (Å²) in [6.45, 7) is 2.18. The van der Waals surface area contributed by atoms with Gasteiger partial charge in [-0.05, 0) is 82.7 Å². The minimum atomic E-state index is 0. The highest BCUT2D eigenvalue weighted by Crippen LogP contribution is 2.44. The summed E-state index contributed by atoms with van der Waals surface area (Å²) in [5.74, 6) is 1.77. The lowest BCUT2D eigenvalue weighted by atomic mass is 9.85. The summed E-state index contributed by atoms with van der Waals surface area (Å²) < 4.78 is 11.1. The number of hydrogen-bond acceptors (Lipinski definition) is 4. The zero-order valence-corrected chi connectivity index (χ0v) is 16.4. The Balaban J connectivity index is 0.00000180. The van der Waals surface area contributed by atoms with Gasteiger partial charge < -0.3 is 14.6 Å². The van der Waals surface area contributed by atoms with Gasteiger partial charge in [0.25, 0.3) is 0 Å². The van der Waals surface area contributed by atoms with Crippen LogP contribution in [0, 0.1) is 0 Å². The number of fused-ring (bicyclic) bond motifs is 7. The number of aromatic hydroxyl groups is 1. The van der Waals surface area contributed by atoms with Crippen LogP contribution in [0.3, 0.4) is 0 Å². The molecule has 2 heterocycles. The SMILES string of the molecule is COc1cc2c3c(c4ccc(O)cc4c2cc1OC)C[C@@H]1CCCN1C3.Cl. The Kier molecular flexibility index (Phi) is 4.57. The lowest BCUT2D eigenvalue weighted by molar-refractivity contribution is 0.229. The van der Waals surface area contributed by atoms with E-state index in [1.807, 2.05) is 12.1 Å². The zero-order chi connectivity index (χ0) is 17.8. The predicted molar refractivity (Wildman–Crippen MR) is 111 cm³/mol. The van der Waals surface area contributed by atoms with E-state index >= 15 is 0 Å². The third-order valence-electron chi connectivity index (χ3n) is 6.13. The maximum Gasteiger partial charge on any atom is 0.161 e. The fraction of sp³-hybridized carbons (Fsp3) is 0.364. The van der Waals surface area contributed by atoms with Gasteiger partial charge in [0.15, 0.2) is 11.5 Å². The number of methoxy groups -OCH3 is 2. The van der Waals surface area contributed by atoms with Gasteiger partial charge in [0.05, 0.1) is 14.2 Å². The molecule has 0 bridgehead atoms. The largest absolute Gasteiger partial charge is 0.508 e. The van der Waals surface area contributed by atoms with E-state index in [1.165, 1.54) is 41.3 Å². The van der Waals surface area contributed by atoms with E-state index in [-0.39, 0.29) is 12.4 Å². The predicted octanol–water partition coefficient (Wildman–Crippen LogP) is 4.66. The summed E-state index contributed by atoms with van der Waals surface area (Å²) in [4.78, 5) is 2.62. The summed E-state index contributed by atoms with van der Waals surface area (Å²) in [6.07, 6.45) is 3.65. The molecule has 5 rings (SSSR count). The monoisotopic (exact) mass is 385 g/mol. The molecule has 0 radical (unpaired) electrons. The average Bonchev–Trinajstić information content (AvgIpc) is 3.13.